The molecule has 3 aliphatic rings. The van der Waals surface area contributed by atoms with Crippen molar-refractivity contribution in [1.29, 1.82) is 0 Å². The summed E-state index contributed by atoms with van der Waals surface area (Å²) in [6.07, 6.45) is 2.86. The lowest BCUT2D eigenvalue weighted by Gasteiger charge is -2.49. The van der Waals surface area contributed by atoms with Gasteiger partial charge in [-0.15, -0.1) is 0 Å². The molecule has 0 radical (unpaired) electrons. The smallest absolute Gasteiger partial charge is 0.313 e. The number of nitrogens with two attached hydrogens (primary N) is 1. The number of ether oxygens (including phenoxy) is 1. The molecular formula is C13H21NO3. The van der Waals surface area contributed by atoms with Crippen molar-refractivity contribution in [1.82, 2.24) is 0 Å². The molecule has 0 unspecified atom stereocenters. The molecule has 3 saturated carbocycles. The predicted molar refractivity (Wildman–Crippen MR) is 63.3 cm³/mol. The SMILES string of the molecule is CC(C)(C)OC(=O)C12CCC(N)(CC1)C(=O)C2. The zero-order valence-corrected chi connectivity index (χ0v) is 10.8. The molecule has 0 atom stereocenters. The number of Topliss-reactive ketones (excluding diaryl/α,β-unsaturated/α-hetero) is 1. The third kappa shape index (κ3) is 2.10. The van der Waals surface area contributed by atoms with E-state index in [9.17, 15) is 9.59 Å². The molecule has 0 amide bonds. The summed E-state index contributed by atoms with van der Waals surface area (Å²) >= 11 is 0. The van der Waals surface area contributed by atoms with Crippen molar-refractivity contribution in [2.45, 2.75) is 64.0 Å². The molecule has 3 aliphatic carbocycles. The van der Waals surface area contributed by atoms with E-state index in [1.165, 1.54) is 0 Å². The highest BCUT2D eigenvalue weighted by Gasteiger charge is 2.56. The first-order chi connectivity index (χ1) is 7.67. The summed E-state index contributed by atoms with van der Waals surface area (Å²) in [5, 5.41) is 0. The first-order valence-corrected chi connectivity index (χ1v) is 6.23. The lowest BCUT2D eigenvalue weighted by Crippen LogP contribution is -2.61. The summed E-state index contributed by atoms with van der Waals surface area (Å²) in [6, 6.07) is 0. The lowest BCUT2D eigenvalue weighted by atomic mass is 9.57. The molecule has 2 bridgehead atoms. The van der Waals surface area contributed by atoms with E-state index >= 15 is 0 Å². The average molecular weight is 239 g/mol. The van der Waals surface area contributed by atoms with Crippen LogP contribution in [0.1, 0.15) is 52.9 Å². The molecule has 0 aromatic carbocycles. The first-order valence-electron chi connectivity index (χ1n) is 6.23. The van der Waals surface area contributed by atoms with E-state index < -0.39 is 16.6 Å². The van der Waals surface area contributed by atoms with E-state index in [-0.39, 0.29) is 18.2 Å². The second-order valence-electron chi connectivity index (χ2n) is 6.54. The predicted octanol–water partition coefficient (Wildman–Crippen LogP) is 1.56. The summed E-state index contributed by atoms with van der Waals surface area (Å²) in [6.45, 7) is 5.55. The van der Waals surface area contributed by atoms with Crippen LogP contribution in [0.4, 0.5) is 0 Å². The monoisotopic (exact) mass is 239 g/mol. The van der Waals surface area contributed by atoms with Gasteiger partial charge in [0, 0.05) is 6.42 Å². The second kappa shape index (κ2) is 3.55. The Morgan fingerprint density at radius 3 is 2.18 bits per heavy atom. The zero-order chi connectivity index (χ0) is 12.9. The van der Waals surface area contributed by atoms with Crippen molar-refractivity contribution in [2.24, 2.45) is 11.1 Å². The number of hydrogen-bond acceptors (Lipinski definition) is 4. The number of carbonyl (C=O) groups excluding carboxylic acids is 2. The van der Waals surface area contributed by atoms with E-state index in [0.717, 1.165) is 0 Å². The van der Waals surface area contributed by atoms with E-state index in [2.05, 4.69) is 0 Å². The van der Waals surface area contributed by atoms with Crippen LogP contribution in [0.5, 0.6) is 0 Å². The molecule has 0 saturated heterocycles. The maximum atomic E-state index is 12.2. The Bertz CT molecular complexity index is 359. The van der Waals surface area contributed by atoms with E-state index in [0.29, 0.717) is 25.7 Å². The molecule has 3 fully saturated rings. The summed E-state index contributed by atoms with van der Waals surface area (Å²) in [5.41, 5.74) is 4.27. The second-order valence-corrected chi connectivity index (χ2v) is 6.54. The maximum Gasteiger partial charge on any atom is 0.313 e. The van der Waals surface area contributed by atoms with Crippen molar-refractivity contribution in [3.63, 3.8) is 0 Å². The minimum absolute atomic E-state index is 0.0286. The number of hydrogen-bond donors (Lipinski definition) is 1. The van der Waals surface area contributed by atoms with Gasteiger partial charge >= 0.3 is 5.97 Å². The number of rotatable bonds is 1. The fraction of sp³-hybridized carbons (Fsp3) is 0.846. The van der Waals surface area contributed by atoms with Gasteiger partial charge in [0.2, 0.25) is 0 Å². The van der Waals surface area contributed by atoms with Crippen LogP contribution >= 0.6 is 0 Å². The third-order valence-electron chi connectivity index (χ3n) is 3.99. The Hall–Kier alpha value is -0.900. The molecule has 0 heterocycles. The standard InChI is InChI=1S/C13H21NO3/c1-11(2,3)17-10(16)12-4-6-13(14,7-5-12)9(15)8-12/h4-8,14H2,1-3H3. The van der Waals surface area contributed by atoms with Crippen LogP contribution in [0, 0.1) is 5.41 Å². The van der Waals surface area contributed by atoms with Crippen molar-refractivity contribution in [2.75, 3.05) is 0 Å². The molecule has 3 rings (SSSR count). The summed E-state index contributed by atoms with van der Waals surface area (Å²) in [7, 11) is 0. The molecule has 0 spiro atoms. The summed E-state index contributed by atoms with van der Waals surface area (Å²) in [4.78, 5) is 24.1. The van der Waals surface area contributed by atoms with Gasteiger partial charge in [-0.2, -0.15) is 0 Å². The number of esters is 1. The normalized spacial score (nSPS) is 37.1. The fourth-order valence-electron chi connectivity index (χ4n) is 2.78. The first kappa shape index (κ1) is 12.6. The third-order valence-corrected chi connectivity index (χ3v) is 3.99. The largest absolute Gasteiger partial charge is 0.460 e. The van der Waals surface area contributed by atoms with Crippen LogP contribution in [-0.2, 0) is 14.3 Å². The van der Waals surface area contributed by atoms with Crippen LogP contribution in [-0.4, -0.2) is 22.9 Å². The van der Waals surface area contributed by atoms with Gasteiger partial charge in [-0.25, -0.2) is 0 Å². The zero-order valence-electron chi connectivity index (χ0n) is 10.8. The average Bonchev–Trinajstić information content (AvgIpc) is 2.18. The van der Waals surface area contributed by atoms with Gasteiger partial charge < -0.3 is 10.5 Å². The van der Waals surface area contributed by atoms with Gasteiger partial charge in [0.15, 0.2) is 5.78 Å². The number of ketones is 1. The Balaban J connectivity index is 2.16. The molecule has 0 aromatic heterocycles. The van der Waals surface area contributed by atoms with Gasteiger partial charge in [-0.05, 0) is 46.5 Å². The van der Waals surface area contributed by atoms with Gasteiger partial charge in [0.25, 0.3) is 0 Å². The minimum atomic E-state index is -0.663. The van der Waals surface area contributed by atoms with Crippen LogP contribution in [0.3, 0.4) is 0 Å². The number of carbonyl (C=O) groups is 2. The highest BCUT2D eigenvalue weighted by Crippen LogP contribution is 2.50. The van der Waals surface area contributed by atoms with E-state index in [1.807, 2.05) is 20.8 Å². The van der Waals surface area contributed by atoms with Gasteiger partial charge in [0.1, 0.15) is 5.60 Å². The molecule has 4 heteroatoms. The van der Waals surface area contributed by atoms with Gasteiger partial charge in [0.05, 0.1) is 11.0 Å². The van der Waals surface area contributed by atoms with Gasteiger partial charge in [-0.3, -0.25) is 9.59 Å². The van der Waals surface area contributed by atoms with Crippen LogP contribution in [0.2, 0.25) is 0 Å². The molecule has 0 aliphatic heterocycles. The number of fused-ring (bicyclic) bond motifs is 3. The summed E-state index contributed by atoms with van der Waals surface area (Å²) < 4.78 is 5.45. The Kier molecular flexibility index (Phi) is 2.62. The fourth-order valence-corrected chi connectivity index (χ4v) is 2.78. The highest BCUT2D eigenvalue weighted by molar-refractivity contribution is 5.96. The molecule has 17 heavy (non-hydrogen) atoms. The Morgan fingerprint density at radius 1 is 1.24 bits per heavy atom. The Labute approximate surface area is 102 Å². The topological polar surface area (TPSA) is 69.4 Å². The maximum absolute atomic E-state index is 12.2. The molecule has 0 aromatic rings. The van der Waals surface area contributed by atoms with Crippen LogP contribution in [0.25, 0.3) is 0 Å². The van der Waals surface area contributed by atoms with E-state index in [1.54, 1.807) is 0 Å². The van der Waals surface area contributed by atoms with Gasteiger partial charge in [-0.1, -0.05) is 0 Å². The molecular weight excluding hydrogens is 218 g/mol. The van der Waals surface area contributed by atoms with Crippen LogP contribution < -0.4 is 5.73 Å². The van der Waals surface area contributed by atoms with Crippen molar-refractivity contribution in [3.8, 4) is 0 Å². The highest BCUT2D eigenvalue weighted by atomic mass is 16.6. The summed E-state index contributed by atoms with van der Waals surface area (Å²) in [5.74, 6) is -0.194. The quantitative estimate of drug-likeness (QED) is 0.705. The van der Waals surface area contributed by atoms with E-state index in [4.69, 9.17) is 10.5 Å². The molecule has 96 valence electrons. The van der Waals surface area contributed by atoms with Crippen LogP contribution in [0.15, 0.2) is 0 Å². The van der Waals surface area contributed by atoms with Crippen molar-refractivity contribution >= 4 is 11.8 Å². The van der Waals surface area contributed by atoms with Crippen molar-refractivity contribution in [3.05, 3.63) is 0 Å². The molecule has 2 N–H and O–H groups in total. The van der Waals surface area contributed by atoms with Crippen molar-refractivity contribution < 1.29 is 14.3 Å². The minimum Gasteiger partial charge on any atom is -0.460 e. The molecule has 4 nitrogen and oxygen atoms in total. The Morgan fingerprint density at radius 2 is 1.76 bits per heavy atom. The lowest BCUT2D eigenvalue weighted by molar-refractivity contribution is -0.177.